The van der Waals surface area contributed by atoms with Crippen LogP contribution in [0.1, 0.15) is 38.5 Å². The Morgan fingerprint density at radius 3 is 2.85 bits per heavy atom. The molecule has 2 nitrogen and oxygen atoms in total. The summed E-state index contributed by atoms with van der Waals surface area (Å²) in [7, 11) is 0. The molecule has 0 aromatic rings. The van der Waals surface area contributed by atoms with Gasteiger partial charge in [-0.1, -0.05) is 12.2 Å². The van der Waals surface area contributed by atoms with Crippen molar-refractivity contribution < 1.29 is 9.84 Å². The molecule has 71 valence electrons. The fraction of sp³-hybridized carbons (Fsp3) is 0.636. The van der Waals surface area contributed by atoms with Crippen LogP contribution in [0.5, 0.6) is 0 Å². The van der Waals surface area contributed by atoms with Crippen LogP contribution in [0.25, 0.3) is 0 Å². The Kier molecular flexibility index (Phi) is 2.40. The second-order valence-electron chi connectivity index (χ2n) is 3.79. The van der Waals surface area contributed by atoms with Crippen LogP contribution in [0.4, 0.5) is 0 Å². The third kappa shape index (κ3) is 2.13. The van der Waals surface area contributed by atoms with Crippen LogP contribution in [0.3, 0.4) is 0 Å². The SMILES string of the molecule is [O]C1(OC2=CCCC2)CC=CCC1. The molecule has 0 aromatic heterocycles. The zero-order valence-electron chi connectivity index (χ0n) is 7.79. The van der Waals surface area contributed by atoms with Crippen molar-refractivity contribution in [3.8, 4) is 0 Å². The van der Waals surface area contributed by atoms with Crippen LogP contribution < -0.4 is 0 Å². The van der Waals surface area contributed by atoms with Gasteiger partial charge >= 0.3 is 0 Å². The van der Waals surface area contributed by atoms with Gasteiger partial charge in [0, 0.05) is 19.3 Å². The highest BCUT2D eigenvalue weighted by Crippen LogP contribution is 2.31. The first-order valence-electron chi connectivity index (χ1n) is 5.02. The van der Waals surface area contributed by atoms with E-state index in [1.165, 1.54) is 0 Å². The molecular formula is C11H15O2. The Labute approximate surface area is 78.9 Å². The minimum absolute atomic E-state index is 0.518. The molecule has 1 unspecified atom stereocenters. The minimum Gasteiger partial charge on any atom is -0.464 e. The first kappa shape index (κ1) is 8.82. The van der Waals surface area contributed by atoms with Gasteiger partial charge in [0.05, 0.1) is 5.76 Å². The fourth-order valence-corrected chi connectivity index (χ4v) is 1.85. The molecule has 2 rings (SSSR count). The zero-order valence-corrected chi connectivity index (χ0v) is 7.79. The number of ether oxygens (including phenoxy) is 1. The summed E-state index contributed by atoms with van der Waals surface area (Å²) < 4.78 is 5.49. The lowest BCUT2D eigenvalue weighted by atomic mass is 10.0. The van der Waals surface area contributed by atoms with E-state index < -0.39 is 5.79 Å². The Hall–Kier alpha value is -0.760. The number of hydrogen-bond donors (Lipinski definition) is 0. The predicted octanol–water partition coefficient (Wildman–Crippen LogP) is 2.94. The predicted molar refractivity (Wildman–Crippen MR) is 49.4 cm³/mol. The summed E-state index contributed by atoms with van der Waals surface area (Å²) in [6.07, 6.45) is 11.2. The minimum atomic E-state index is -1.16. The van der Waals surface area contributed by atoms with Crippen LogP contribution >= 0.6 is 0 Å². The van der Waals surface area contributed by atoms with Gasteiger partial charge in [-0.15, -0.1) is 0 Å². The number of allylic oxidation sites excluding steroid dienone is 3. The molecule has 0 N–H and O–H groups in total. The molecular weight excluding hydrogens is 164 g/mol. The summed E-state index contributed by atoms with van der Waals surface area (Å²) in [5, 5.41) is 12.0. The van der Waals surface area contributed by atoms with E-state index in [-0.39, 0.29) is 0 Å². The third-order valence-electron chi connectivity index (χ3n) is 2.60. The highest BCUT2D eigenvalue weighted by atomic mass is 16.6. The van der Waals surface area contributed by atoms with Crippen LogP contribution in [0.2, 0.25) is 0 Å². The molecule has 0 aliphatic heterocycles. The molecule has 1 atom stereocenters. The summed E-state index contributed by atoms with van der Waals surface area (Å²) in [6, 6.07) is 0. The van der Waals surface area contributed by atoms with E-state index in [1.54, 1.807) is 0 Å². The van der Waals surface area contributed by atoms with E-state index in [1.807, 2.05) is 6.08 Å². The van der Waals surface area contributed by atoms with Crippen LogP contribution in [-0.2, 0) is 9.84 Å². The molecule has 0 fully saturated rings. The molecule has 0 amide bonds. The quantitative estimate of drug-likeness (QED) is 0.473. The average Bonchev–Trinajstić information content (AvgIpc) is 2.57. The molecule has 2 aliphatic carbocycles. The summed E-state index contributed by atoms with van der Waals surface area (Å²) >= 11 is 0. The molecule has 1 radical (unpaired) electrons. The Morgan fingerprint density at radius 1 is 1.31 bits per heavy atom. The highest BCUT2D eigenvalue weighted by molar-refractivity contribution is 5.03. The average molecular weight is 179 g/mol. The van der Waals surface area contributed by atoms with E-state index in [9.17, 15) is 5.11 Å². The first-order valence-corrected chi connectivity index (χ1v) is 5.02. The van der Waals surface area contributed by atoms with Gasteiger partial charge in [-0.2, -0.15) is 5.11 Å². The maximum atomic E-state index is 12.0. The van der Waals surface area contributed by atoms with Crippen LogP contribution in [0, 0.1) is 0 Å². The van der Waals surface area contributed by atoms with E-state index in [0.717, 1.165) is 31.4 Å². The molecule has 0 saturated heterocycles. The Balaban J connectivity index is 1.95. The lowest BCUT2D eigenvalue weighted by Gasteiger charge is -2.28. The summed E-state index contributed by atoms with van der Waals surface area (Å²) in [5.41, 5.74) is 0. The van der Waals surface area contributed by atoms with Gasteiger partial charge in [0.1, 0.15) is 0 Å². The van der Waals surface area contributed by atoms with Crippen molar-refractivity contribution in [2.24, 2.45) is 0 Å². The molecule has 0 saturated carbocycles. The van der Waals surface area contributed by atoms with Gasteiger partial charge in [0.2, 0.25) is 5.79 Å². The topological polar surface area (TPSA) is 29.1 Å². The number of hydrogen-bond acceptors (Lipinski definition) is 1. The van der Waals surface area contributed by atoms with Gasteiger partial charge in [-0.3, -0.25) is 0 Å². The van der Waals surface area contributed by atoms with Crippen molar-refractivity contribution in [1.82, 2.24) is 0 Å². The normalized spacial score (nSPS) is 33.2. The highest BCUT2D eigenvalue weighted by Gasteiger charge is 2.32. The molecule has 13 heavy (non-hydrogen) atoms. The second-order valence-corrected chi connectivity index (χ2v) is 3.79. The van der Waals surface area contributed by atoms with Crippen molar-refractivity contribution in [2.75, 3.05) is 0 Å². The molecule has 0 aromatic carbocycles. The van der Waals surface area contributed by atoms with Gasteiger partial charge in [0.25, 0.3) is 0 Å². The van der Waals surface area contributed by atoms with E-state index in [0.29, 0.717) is 12.8 Å². The van der Waals surface area contributed by atoms with Crippen molar-refractivity contribution in [1.29, 1.82) is 0 Å². The van der Waals surface area contributed by atoms with Gasteiger partial charge in [-0.05, 0) is 25.3 Å². The zero-order chi connectivity index (χ0) is 9.15. The molecule has 0 spiro atoms. The third-order valence-corrected chi connectivity index (χ3v) is 2.60. The van der Waals surface area contributed by atoms with Gasteiger partial charge < -0.3 is 4.74 Å². The van der Waals surface area contributed by atoms with Gasteiger partial charge in [0.15, 0.2) is 0 Å². The molecule has 0 heterocycles. The summed E-state index contributed by atoms with van der Waals surface area (Å²) in [6.45, 7) is 0. The maximum absolute atomic E-state index is 12.0. The van der Waals surface area contributed by atoms with Crippen molar-refractivity contribution >= 4 is 0 Å². The smallest absolute Gasteiger partial charge is 0.244 e. The molecule has 0 bridgehead atoms. The number of rotatable bonds is 2. The lowest BCUT2D eigenvalue weighted by molar-refractivity contribution is -0.222. The van der Waals surface area contributed by atoms with Crippen LogP contribution in [0.15, 0.2) is 24.0 Å². The second kappa shape index (κ2) is 3.54. The first-order chi connectivity index (χ1) is 6.29. The van der Waals surface area contributed by atoms with Crippen LogP contribution in [-0.4, -0.2) is 5.79 Å². The van der Waals surface area contributed by atoms with E-state index >= 15 is 0 Å². The van der Waals surface area contributed by atoms with Crippen molar-refractivity contribution in [2.45, 2.75) is 44.3 Å². The standard InChI is InChI=1S/C11H15O2/c12-11(8-4-1-5-9-11)13-10-6-2-3-7-10/h1,4,6H,2-3,5,7-9H2. The largest absolute Gasteiger partial charge is 0.464 e. The lowest BCUT2D eigenvalue weighted by Crippen LogP contribution is -2.31. The fourth-order valence-electron chi connectivity index (χ4n) is 1.85. The van der Waals surface area contributed by atoms with Crippen molar-refractivity contribution in [3.63, 3.8) is 0 Å². The van der Waals surface area contributed by atoms with E-state index in [2.05, 4.69) is 12.2 Å². The maximum Gasteiger partial charge on any atom is 0.244 e. The van der Waals surface area contributed by atoms with Gasteiger partial charge in [-0.25, -0.2) is 0 Å². The monoisotopic (exact) mass is 179 g/mol. The Morgan fingerprint density at radius 2 is 2.23 bits per heavy atom. The molecule has 2 aliphatic rings. The van der Waals surface area contributed by atoms with Crippen molar-refractivity contribution in [3.05, 3.63) is 24.0 Å². The molecule has 2 heteroatoms. The summed E-state index contributed by atoms with van der Waals surface area (Å²) in [5.74, 6) is -0.240. The van der Waals surface area contributed by atoms with E-state index in [4.69, 9.17) is 4.74 Å². The Bertz CT molecular complexity index is 242. The summed E-state index contributed by atoms with van der Waals surface area (Å²) in [4.78, 5) is 0.